The molecule has 0 rings (SSSR count). The van der Waals surface area contributed by atoms with E-state index in [-0.39, 0.29) is 83.5 Å². The van der Waals surface area contributed by atoms with Gasteiger partial charge in [0.2, 0.25) is 0 Å². The molecule has 0 aromatic rings. The molecular weight excluding hydrogens is 564 g/mol. The molecule has 0 bridgehead atoms. The fourth-order valence-electron chi connectivity index (χ4n) is 0.249. The molecule has 0 amide bonds. The van der Waals surface area contributed by atoms with Crippen molar-refractivity contribution < 1.29 is 138 Å². The van der Waals surface area contributed by atoms with Gasteiger partial charge in [-0.25, -0.2) is 4.79 Å². The first-order valence-corrected chi connectivity index (χ1v) is 4.13. The van der Waals surface area contributed by atoms with E-state index in [0.717, 1.165) is 6.08 Å². The molecule has 13 heteroatoms. The second-order valence-electron chi connectivity index (χ2n) is 1.97. The normalized spacial score (nSPS) is 7.32. The maximum Gasteiger partial charge on any atom is 3.00 e. The van der Waals surface area contributed by atoms with Gasteiger partial charge in [-0.15, -0.1) is 0 Å². The molecule has 0 aliphatic rings. The number of hydrogen-bond acceptors (Lipinski definition) is 10. The third-order valence-electron chi connectivity index (χ3n) is 0.542. The van der Waals surface area contributed by atoms with Crippen LogP contribution in [0.15, 0.2) is 24.3 Å². The van der Waals surface area contributed by atoms with Crippen LogP contribution in [0, 0.1) is 83.5 Å². The minimum atomic E-state index is -2.33. The average molecular weight is 572 g/mol. The van der Waals surface area contributed by atoms with Crippen LogP contribution in [-0.2, 0) is 4.79 Å². The molecule has 0 spiro atoms. The Labute approximate surface area is 191 Å². The summed E-state index contributed by atoms with van der Waals surface area (Å²) in [6, 6.07) is 0. The fourth-order valence-corrected chi connectivity index (χ4v) is 0.249. The summed E-state index contributed by atoms with van der Waals surface area (Å²) in [5, 5.41) is 58.0. The van der Waals surface area contributed by atoms with Crippen LogP contribution >= 0.6 is 0 Å². The minimum Gasteiger partial charge on any atom is -0.652 e. The Bertz CT molecular complexity index is 311. The Hall–Kier alpha value is -0.487. The zero-order chi connectivity index (χ0) is 17.1. The van der Waals surface area contributed by atoms with E-state index in [1.807, 2.05) is 6.92 Å². The molecule has 0 atom stereocenters. The van der Waals surface area contributed by atoms with E-state index >= 15 is 0 Å². The summed E-state index contributed by atoms with van der Waals surface area (Å²) in [5.74, 6) is -0.914. The van der Waals surface area contributed by atoms with E-state index in [9.17, 15) is 4.79 Å². The third-order valence-corrected chi connectivity index (χ3v) is 0.542. The summed E-state index contributed by atoms with van der Waals surface area (Å²) in [6.45, 7) is 1.83. The molecule has 2 radical (unpaired) electrons. The van der Waals surface area contributed by atoms with Crippen molar-refractivity contribution in [2.45, 2.75) is 6.92 Å². The molecular formula is C9H8Ce2O11. The maximum absolute atomic E-state index is 9.75. The smallest absolute Gasteiger partial charge is 0.652 e. The van der Waals surface area contributed by atoms with Gasteiger partial charge in [0.15, 0.2) is 0 Å². The van der Waals surface area contributed by atoms with Gasteiger partial charge in [0.1, 0.15) is 0 Å². The van der Waals surface area contributed by atoms with E-state index in [1.165, 1.54) is 6.08 Å². The van der Waals surface area contributed by atoms with Crippen molar-refractivity contribution in [1.82, 2.24) is 0 Å². The summed E-state index contributed by atoms with van der Waals surface area (Å²) in [7, 11) is 0. The van der Waals surface area contributed by atoms with E-state index in [1.54, 1.807) is 12.2 Å². The second kappa shape index (κ2) is 32.5. The van der Waals surface area contributed by atoms with Crippen LogP contribution in [0.3, 0.4) is 0 Å². The number of carboxylic acid groups (broad SMARTS) is 7. The molecule has 0 aliphatic heterocycles. The van der Waals surface area contributed by atoms with Crippen molar-refractivity contribution in [3.05, 3.63) is 24.3 Å². The number of aliphatic carboxylic acids is 1. The van der Waals surface area contributed by atoms with E-state index in [0.29, 0.717) is 0 Å². The van der Waals surface area contributed by atoms with Crippen molar-refractivity contribution in [2.75, 3.05) is 0 Å². The van der Waals surface area contributed by atoms with Crippen LogP contribution in [0.4, 0.5) is 14.4 Å². The molecule has 118 valence electrons. The minimum absolute atomic E-state index is 0. The van der Waals surface area contributed by atoms with Crippen LogP contribution in [0.5, 0.6) is 0 Å². The molecule has 22 heavy (non-hydrogen) atoms. The summed E-state index contributed by atoms with van der Waals surface area (Å²) in [4.78, 5) is 34.8. The van der Waals surface area contributed by atoms with Gasteiger partial charge in [0.25, 0.3) is 0 Å². The maximum atomic E-state index is 9.75. The Morgan fingerprint density at radius 2 is 0.955 bits per heavy atom. The molecule has 0 fully saturated rings. The number of carbonyl (C=O) groups is 4. The number of allylic oxidation sites excluding steroid dienone is 3. The van der Waals surface area contributed by atoms with Gasteiger partial charge in [0, 0.05) is 6.08 Å². The third kappa shape index (κ3) is 328. The Balaban J connectivity index is -0.0000000400. The number of carbonyl (C=O) groups excluding carboxylic acids is 3. The molecule has 11 nitrogen and oxygen atoms in total. The van der Waals surface area contributed by atoms with Gasteiger partial charge in [-0.1, -0.05) is 18.2 Å². The van der Waals surface area contributed by atoms with Crippen molar-refractivity contribution in [1.29, 1.82) is 0 Å². The van der Waals surface area contributed by atoms with Crippen molar-refractivity contribution in [3.63, 3.8) is 0 Å². The van der Waals surface area contributed by atoms with Gasteiger partial charge < -0.3 is 50.1 Å². The van der Waals surface area contributed by atoms with Crippen LogP contribution < -0.4 is 30.6 Å². The van der Waals surface area contributed by atoms with Gasteiger partial charge >= 0.3 is 89.5 Å². The zero-order valence-electron chi connectivity index (χ0n) is 10.8. The average Bonchev–Trinajstić information content (AvgIpc) is 2.14. The summed E-state index contributed by atoms with van der Waals surface area (Å²) in [6.07, 6.45) is -1.02. The standard InChI is InChI=1S/C6H8O2.3CH2O3.2Ce/c1-2-3-4-5-6(7)8;3*2-1(3)4;;/h2-5H,1H3,(H,7,8);3*(H2,2,3,4);;/q;;;;2*+3/p-6/b3-2+,5-4+;;;;;. The second-order valence-corrected chi connectivity index (χ2v) is 1.97. The predicted octanol–water partition coefficient (Wildman–Crippen LogP) is -6.14. The zero-order valence-corrected chi connectivity index (χ0v) is 17.1. The largest absolute Gasteiger partial charge is 3.00 e. The van der Waals surface area contributed by atoms with Crippen molar-refractivity contribution >= 4 is 24.4 Å². The molecule has 0 aliphatic carbocycles. The van der Waals surface area contributed by atoms with Crippen molar-refractivity contribution in [3.8, 4) is 0 Å². The first-order valence-electron chi connectivity index (χ1n) is 4.13. The summed E-state index contributed by atoms with van der Waals surface area (Å²) < 4.78 is 0. The SMILES string of the molecule is C/C=C/C=C/C(=O)O.O=C([O-])[O-].O=C([O-])[O-].O=C([O-])[O-].[Ce+3].[Ce+3]. The predicted molar refractivity (Wildman–Crippen MR) is 47.8 cm³/mol. The summed E-state index contributed by atoms with van der Waals surface area (Å²) >= 11 is 0. The molecule has 0 aromatic carbocycles. The van der Waals surface area contributed by atoms with E-state index in [2.05, 4.69) is 0 Å². The van der Waals surface area contributed by atoms with Crippen LogP contribution in [0.1, 0.15) is 6.92 Å². The Morgan fingerprint density at radius 3 is 1.09 bits per heavy atom. The number of carboxylic acids is 1. The first-order chi connectivity index (χ1) is 8.97. The Morgan fingerprint density at radius 1 is 0.727 bits per heavy atom. The molecule has 0 saturated carbocycles. The van der Waals surface area contributed by atoms with E-state index < -0.39 is 24.4 Å². The fraction of sp³-hybridized carbons (Fsp3) is 0.111. The van der Waals surface area contributed by atoms with E-state index in [4.69, 9.17) is 50.1 Å². The van der Waals surface area contributed by atoms with Crippen molar-refractivity contribution in [2.24, 2.45) is 0 Å². The van der Waals surface area contributed by atoms with Gasteiger partial charge in [0.05, 0.1) is 0 Å². The van der Waals surface area contributed by atoms with Crippen LogP contribution in [-0.4, -0.2) is 29.5 Å². The number of rotatable bonds is 2. The van der Waals surface area contributed by atoms with Gasteiger partial charge in [-0.05, 0) is 25.4 Å². The monoisotopic (exact) mass is 572 g/mol. The molecule has 0 aromatic heterocycles. The van der Waals surface area contributed by atoms with Gasteiger partial charge in [-0.2, -0.15) is 0 Å². The molecule has 0 saturated heterocycles. The van der Waals surface area contributed by atoms with Crippen LogP contribution in [0.2, 0.25) is 0 Å². The molecule has 0 unspecified atom stereocenters. The topological polar surface area (TPSA) is 227 Å². The summed E-state index contributed by atoms with van der Waals surface area (Å²) in [5.41, 5.74) is 0. The first kappa shape index (κ1) is 37.6. The Kier molecular flexibility index (Phi) is 55.5. The van der Waals surface area contributed by atoms with Gasteiger partial charge in [-0.3, -0.25) is 0 Å². The molecule has 1 N–H and O–H groups in total. The molecule has 0 heterocycles. The number of hydrogen-bond donors (Lipinski definition) is 1. The van der Waals surface area contributed by atoms with Crippen LogP contribution in [0.25, 0.3) is 0 Å². The quantitative estimate of drug-likeness (QED) is 0.242.